The van der Waals surface area contributed by atoms with Gasteiger partial charge in [-0.3, -0.25) is 10.2 Å². The van der Waals surface area contributed by atoms with Crippen LogP contribution in [0.5, 0.6) is 5.75 Å². The molecule has 1 N–H and O–H groups in total. The number of nitrogens with zero attached hydrogens (tertiary/aromatic N) is 2. The summed E-state index contributed by atoms with van der Waals surface area (Å²) in [6.45, 7) is 1.82. The molecule has 23 heavy (non-hydrogen) atoms. The van der Waals surface area contributed by atoms with Crippen LogP contribution in [0.15, 0.2) is 47.6 Å². The molecule has 0 fully saturated rings. The minimum Gasteiger partial charge on any atom is -0.497 e. The highest BCUT2D eigenvalue weighted by atomic mass is 35.5. The van der Waals surface area contributed by atoms with Crippen LogP contribution in [0.3, 0.4) is 0 Å². The van der Waals surface area contributed by atoms with Crippen LogP contribution in [0.4, 0.5) is 5.69 Å². The Kier molecular flexibility index (Phi) is 5.34. The van der Waals surface area contributed by atoms with Crippen molar-refractivity contribution in [1.82, 2.24) is 0 Å². The van der Waals surface area contributed by atoms with E-state index in [9.17, 15) is 4.79 Å². The lowest BCUT2D eigenvalue weighted by molar-refractivity contribution is 0.106. The Morgan fingerprint density at radius 3 is 2.57 bits per heavy atom. The second-order valence-electron chi connectivity index (χ2n) is 4.65. The summed E-state index contributed by atoms with van der Waals surface area (Å²) in [4.78, 5) is 12.3. The molecule has 0 saturated heterocycles. The second kappa shape index (κ2) is 7.43. The van der Waals surface area contributed by atoms with E-state index in [0.717, 1.165) is 5.56 Å². The number of carbonyl (C=O) groups is 1. The highest BCUT2D eigenvalue weighted by molar-refractivity contribution is 6.51. The van der Waals surface area contributed by atoms with E-state index in [1.807, 2.05) is 6.92 Å². The van der Waals surface area contributed by atoms with Crippen molar-refractivity contribution in [2.45, 2.75) is 6.92 Å². The van der Waals surface area contributed by atoms with E-state index in [2.05, 4.69) is 10.5 Å². The Morgan fingerprint density at radius 2 is 1.96 bits per heavy atom. The largest absolute Gasteiger partial charge is 0.497 e. The third kappa shape index (κ3) is 3.87. The summed E-state index contributed by atoms with van der Waals surface area (Å²) in [6, 6.07) is 13.5. The van der Waals surface area contributed by atoms with Crippen molar-refractivity contribution in [2.75, 3.05) is 12.5 Å². The summed E-state index contributed by atoms with van der Waals surface area (Å²) >= 11 is 6.02. The number of Topliss-reactive ketones (excluding diaryl/α,β-unsaturated/α-hetero) is 1. The lowest BCUT2D eigenvalue weighted by Crippen LogP contribution is -2.14. The molecule has 0 atom stereocenters. The molecule has 0 radical (unpaired) electrons. The van der Waals surface area contributed by atoms with E-state index in [1.165, 1.54) is 7.11 Å². The average molecular weight is 328 g/mol. The first-order chi connectivity index (χ1) is 11.1. The molecule has 0 aromatic heterocycles. The zero-order valence-corrected chi connectivity index (χ0v) is 13.4. The third-order valence-corrected chi connectivity index (χ3v) is 3.64. The molecule has 0 aliphatic rings. The topological polar surface area (TPSA) is 74.5 Å². The number of anilines is 1. The fraction of sp³-hybridized carbons (Fsp3) is 0.118. The fourth-order valence-corrected chi connectivity index (χ4v) is 2.02. The molecule has 0 aliphatic heterocycles. The van der Waals surface area contributed by atoms with Gasteiger partial charge in [0.2, 0.25) is 11.5 Å². The molecule has 0 aliphatic carbocycles. The van der Waals surface area contributed by atoms with Gasteiger partial charge in [0.15, 0.2) is 0 Å². The number of nitriles is 1. The quantitative estimate of drug-likeness (QED) is 0.514. The summed E-state index contributed by atoms with van der Waals surface area (Å²) in [5.74, 6) is 0.159. The van der Waals surface area contributed by atoms with Gasteiger partial charge in [-0.25, -0.2) is 0 Å². The van der Waals surface area contributed by atoms with Crippen LogP contribution >= 0.6 is 11.6 Å². The molecule has 0 amide bonds. The van der Waals surface area contributed by atoms with Crippen LogP contribution in [-0.2, 0) is 0 Å². The fourth-order valence-electron chi connectivity index (χ4n) is 1.85. The van der Waals surface area contributed by atoms with Gasteiger partial charge in [0.25, 0.3) is 0 Å². The first-order valence-electron chi connectivity index (χ1n) is 6.74. The number of ether oxygens (including phenoxy) is 1. The summed E-state index contributed by atoms with van der Waals surface area (Å²) in [5, 5.41) is 13.6. The minimum absolute atomic E-state index is 0.241. The SMILES string of the molecule is COc1ccc(C(=O)C(C#N)=NNc2cccc(Cl)c2C)cc1. The maximum atomic E-state index is 12.3. The van der Waals surface area contributed by atoms with E-state index in [4.69, 9.17) is 21.6 Å². The zero-order valence-electron chi connectivity index (χ0n) is 12.6. The van der Waals surface area contributed by atoms with E-state index in [0.29, 0.717) is 22.0 Å². The summed E-state index contributed by atoms with van der Waals surface area (Å²) in [7, 11) is 1.54. The maximum absolute atomic E-state index is 12.3. The highest BCUT2D eigenvalue weighted by Crippen LogP contribution is 2.23. The Morgan fingerprint density at radius 1 is 1.26 bits per heavy atom. The molecule has 0 bridgehead atoms. The van der Waals surface area contributed by atoms with E-state index in [-0.39, 0.29) is 5.71 Å². The number of benzene rings is 2. The van der Waals surface area contributed by atoms with Crippen LogP contribution in [0.25, 0.3) is 0 Å². The van der Waals surface area contributed by atoms with Gasteiger partial charge >= 0.3 is 0 Å². The van der Waals surface area contributed by atoms with Crippen LogP contribution in [0, 0.1) is 18.3 Å². The van der Waals surface area contributed by atoms with Crippen LogP contribution < -0.4 is 10.2 Å². The number of hydrazone groups is 1. The number of ketones is 1. The van der Waals surface area contributed by atoms with Crippen LogP contribution in [0.1, 0.15) is 15.9 Å². The van der Waals surface area contributed by atoms with Gasteiger partial charge in [0.05, 0.1) is 12.8 Å². The minimum atomic E-state index is -0.470. The van der Waals surface area contributed by atoms with Gasteiger partial charge in [-0.05, 0) is 48.9 Å². The average Bonchev–Trinajstić information content (AvgIpc) is 2.58. The van der Waals surface area contributed by atoms with Crippen molar-refractivity contribution >= 4 is 28.8 Å². The predicted octanol–water partition coefficient (Wildman–Crippen LogP) is 3.83. The van der Waals surface area contributed by atoms with E-state index in [1.54, 1.807) is 48.5 Å². The van der Waals surface area contributed by atoms with Gasteiger partial charge in [-0.15, -0.1) is 0 Å². The van der Waals surface area contributed by atoms with Gasteiger partial charge < -0.3 is 4.74 Å². The summed E-state index contributed by atoms with van der Waals surface area (Å²) < 4.78 is 5.03. The first kappa shape index (κ1) is 16.5. The zero-order chi connectivity index (χ0) is 16.8. The second-order valence-corrected chi connectivity index (χ2v) is 5.06. The number of hydrogen-bond acceptors (Lipinski definition) is 5. The Labute approximate surface area is 139 Å². The monoisotopic (exact) mass is 327 g/mol. The Balaban J connectivity index is 2.22. The van der Waals surface area contributed by atoms with Crippen molar-refractivity contribution in [3.8, 4) is 11.8 Å². The van der Waals surface area contributed by atoms with Crippen LogP contribution in [-0.4, -0.2) is 18.6 Å². The van der Waals surface area contributed by atoms with Gasteiger partial charge in [0, 0.05) is 10.6 Å². The summed E-state index contributed by atoms with van der Waals surface area (Å²) in [6.07, 6.45) is 0. The van der Waals surface area contributed by atoms with Gasteiger partial charge in [-0.2, -0.15) is 10.4 Å². The van der Waals surface area contributed by atoms with Crippen LogP contribution in [0.2, 0.25) is 5.02 Å². The molecule has 0 saturated carbocycles. The Bertz CT molecular complexity index is 792. The van der Waals surface area contributed by atoms with Crippen molar-refractivity contribution < 1.29 is 9.53 Å². The molecular formula is C17H14ClN3O2. The van der Waals surface area contributed by atoms with Crippen molar-refractivity contribution in [1.29, 1.82) is 5.26 Å². The highest BCUT2D eigenvalue weighted by Gasteiger charge is 2.14. The Hall–Kier alpha value is -2.84. The predicted molar refractivity (Wildman–Crippen MR) is 90.2 cm³/mol. The number of halogens is 1. The number of carbonyl (C=O) groups excluding carboxylic acids is 1. The summed E-state index contributed by atoms with van der Waals surface area (Å²) in [5.41, 5.74) is 4.25. The molecule has 5 nitrogen and oxygen atoms in total. The third-order valence-electron chi connectivity index (χ3n) is 3.23. The number of rotatable bonds is 5. The molecular weight excluding hydrogens is 314 g/mol. The molecule has 0 unspecified atom stereocenters. The molecule has 2 aromatic carbocycles. The molecule has 116 valence electrons. The molecule has 0 heterocycles. The normalized spacial score (nSPS) is 10.8. The molecule has 2 aromatic rings. The van der Waals surface area contributed by atoms with E-state index < -0.39 is 5.78 Å². The van der Waals surface area contributed by atoms with E-state index >= 15 is 0 Å². The van der Waals surface area contributed by atoms with Crippen molar-refractivity contribution in [3.63, 3.8) is 0 Å². The molecule has 2 rings (SSSR count). The lowest BCUT2D eigenvalue weighted by Gasteiger charge is -2.07. The molecule has 6 heteroatoms. The molecule has 0 spiro atoms. The smallest absolute Gasteiger partial charge is 0.223 e. The van der Waals surface area contributed by atoms with Crippen molar-refractivity contribution in [3.05, 3.63) is 58.6 Å². The maximum Gasteiger partial charge on any atom is 0.223 e. The number of hydrogen-bond donors (Lipinski definition) is 1. The standard InChI is InChI=1S/C17H14ClN3O2/c1-11-14(18)4-3-5-15(11)20-21-16(10-19)17(22)12-6-8-13(23-2)9-7-12/h3-9,20H,1-2H3. The van der Waals surface area contributed by atoms with Crippen molar-refractivity contribution in [2.24, 2.45) is 5.10 Å². The first-order valence-corrected chi connectivity index (χ1v) is 7.12. The lowest BCUT2D eigenvalue weighted by atomic mass is 10.1. The number of methoxy groups -OCH3 is 1. The van der Waals surface area contributed by atoms with Gasteiger partial charge in [0.1, 0.15) is 11.8 Å². The number of nitrogens with one attached hydrogen (secondary N) is 1. The van der Waals surface area contributed by atoms with Gasteiger partial charge in [-0.1, -0.05) is 17.7 Å².